The van der Waals surface area contributed by atoms with Crippen molar-refractivity contribution in [3.05, 3.63) is 89.5 Å². The molecule has 3 aromatic rings. The Morgan fingerprint density at radius 3 is 2.16 bits per heavy atom. The van der Waals surface area contributed by atoms with Gasteiger partial charge in [0.25, 0.3) is 10.0 Å². The van der Waals surface area contributed by atoms with E-state index in [9.17, 15) is 31.2 Å². The van der Waals surface area contributed by atoms with Gasteiger partial charge in [0.1, 0.15) is 18.3 Å². The molecule has 0 saturated carbocycles. The largest absolute Gasteiger partial charge is 0.497 e. The van der Waals surface area contributed by atoms with Crippen LogP contribution in [0.25, 0.3) is 0 Å². The summed E-state index contributed by atoms with van der Waals surface area (Å²) in [5.41, 5.74) is 0.00683. The Kier molecular flexibility index (Phi) is 11.4. The molecule has 0 aromatic heterocycles. The van der Waals surface area contributed by atoms with Crippen molar-refractivity contribution in [3.8, 4) is 5.75 Å². The van der Waals surface area contributed by atoms with Gasteiger partial charge in [-0.15, -0.1) is 0 Å². The van der Waals surface area contributed by atoms with E-state index in [0.717, 1.165) is 17.7 Å². The van der Waals surface area contributed by atoms with E-state index in [0.29, 0.717) is 28.2 Å². The lowest BCUT2D eigenvalue weighted by molar-refractivity contribution is -0.140. The SMILES string of the molecule is CC[C@@H](C(=O)NCC(C)C)N(Cc1ccc(OC)cc1)C(=O)CN(c1cccc(C(F)(F)F)c1)S(=O)(=O)c1ccc(C)cc1. The molecule has 0 saturated heterocycles. The molecular weight excluding hydrogens is 595 g/mol. The van der Waals surface area contributed by atoms with E-state index in [-0.39, 0.29) is 29.5 Å². The maximum Gasteiger partial charge on any atom is 0.416 e. The molecule has 0 unspecified atom stereocenters. The van der Waals surface area contributed by atoms with Crippen molar-refractivity contribution in [2.75, 3.05) is 24.5 Å². The molecule has 0 spiro atoms. The van der Waals surface area contributed by atoms with Crippen molar-refractivity contribution < 1.29 is 35.9 Å². The predicted octanol–water partition coefficient (Wildman–Crippen LogP) is 5.80. The van der Waals surface area contributed by atoms with Gasteiger partial charge in [-0.1, -0.05) is 56.7 Å². The summed E-state index contributed by atoms with van der Waals surface area (Å²) in [6.07, 6.45) is -4.54. The minimum atomic E-state index is -4.75. The Morgan fingerprint density at radius 1 is 0.977 bits per heavy atom. The minimum absolute atomic E-state index is 0.0581. The van der Waals surface area contributed by atoms with Crippen molar-refractivity contribution in [2.45, 2.75) is 57.8 Å². The third-order valence-corrected chi connectivity index (χ3v) is 8.72. The van der Waals surface area contributed by atoms with Crippen molar-refractivity contribution in [1.82, 2.24) is 10.2 Å². The lowest BCUT2D eigenvalue weighted by Crippen LogP contribution is -2.52. The molecule has 1 atom stereocenters. The van der Waals surface area contributed by atoms with Crippen LogP contribution < -0.4 is 14.4 Å². The number of hydrogen-bond acceptors (Lipinski definition) is 5. The number of hydrogen-bond donors (Lipinski definition) is 1. The predicted molar refractivity (Wildman–Crippen MR) is 163 cm³/mol. The molecule has 3 rings (SSSR count). The molecule has 238 valence electrons. The summed E-state index contributed by atoms with van der Waals surface area (Å²) >= 11 is 0. The van der Waals surface area contributed by atoms with Crippen molar-refractivity contribution in [1.29, 1.82) is 0 Å². The van der Waals surface area contributed by atoms with E-state index in [1.54, 1.807) is 50.2 Å². The number of nitrogens with one attached hydrogen (secondary N) is 1. The van der Waals surface area contributed by atoms with Crippen LogP contribution in [0.1, 0.15) is 43.9 Å². The van der Waals surface area contributed by atoms with Gasteiger partial charge < -0.3 is 15.0 Å². The lowest BCUT2D eigenvalue weighted by Gasteiger charge is -2.33. The average Bonchev–Trinajstić information content (AvgIpc) is 2.98. The van der Waals surface area contributed by atoms with E-state index < -0.39 is 46.2 Å². The van der Waals surface area contributed by atoms with Gasteiger partial charge in [0.2, 0.25) is 11.8 Å². The molecular formula is C32H38F3N3O5S. The fourth-order valence-corrected chi connectivity index (χ4v) is 5.88. The third-order valence-electron chi connectivity index (χ3n) is 6.93. The summed E-state index contributed by atoms with van der Waals surface area (Å²) < 4.78 is 74.7. The number of amides is 2. The summed E-state index contributed by atoms with van der Waals surface area (Å²) in [7, 11) is -3.01. The fraction of sp³-hybridized carbons (Fsp3) is 0.375. The second-order valence-corrected chi connectivity index (χ2v) is 12.7. The molecule has 12 heteroatoms. The smallest absolute Gasteiger partial charge is 0.416 e. The summed E-state index contributed by atoms with van der Waals surface area (Å²) in [6, 6.07) is 15.4. The topological polar surface area (TPSA) is 96.0 Å². The van der Waals surface area contributed by atoms with Gasteiger partial charge in [-0.2, -0.15) is 13.2 Å². The highest BCUT2D eigenvalue weighted by Gasteiger charge is 2.36. The number of aryl methyl sites for hydroxylation is 1. The van der Waals surface area contributed by atoms with Crippen LogP contribution in [0.5, 0.6) is 5.75 Å². The molecule has 0 radical (unpaired) electrons. The van der Waals surface area contributed by atoms with E-state index in [1.165, 1.54) is 30.2 Å². The average molecular weight is 634 g/mol. The van der Waals surface area contributed by atoms with E-state index >= 15 is 0 Å². The zero-order valence-corrected chi connectivity index (χ0v) is 26.2. The van der Waals surface area contributed by atoms with Crippen molar-refractivity contribution in [2.24, 2.45) is 5.92 Å². The fourth-order valence-electron chi connectivity index (χ4n) is 4.47. The molecule has 0 fully saturated rings. The number of benzene rings is 3. The Labute approximate surface area is 256 Å². The number of alkyl halides is 3. The van der Waals surface area contributed by atoms with Gasteiger partial charge in [-0.25, -0.2) is 8.42 Å². The molecule has 3 aromatic carbocycles. The first kappa shape index (κ1) is 34.4. The van der Waals surface area contributed by atoms with Gasteiger partial charge in [-0.05, 0) is 67.3 Å². The molecule has 0 heterocycles. The highest BCUT2D eigenvalue weighted by atomic mass is 32.2. The first-order valence-electron chi connectivity index (χ1n) is 14.1. The van der Waals surface area contributed by atoms with E-state index in [1.807, 2.05) is 13.8 Å². The Morgan fingerprint density at radius 2 is 1.61 bits per heavy atom. The quantitative estimate of drug-likeness (QED) is 0.257. The molecule has 0 aliphatic heterocycles. The number of sulfonamides is 1. The summed E-state index contributed by atoms with van der Waals surface area (Å²) in [6.45, 7) is 6.78. The number of ether oxygens (including phenoxy) is 1. The van der Waals surface area contributed by atoms with Gasteiger partial charge in [0.05, 0.1) is 23.3 Å². The van der Waals surface area contributed by atoms with Gasteiger partial charge in [0.15, 0.2) is 0 Å². The molecule has 44 heavy (non-hydrogen) atoms. The van der Waals surface area contributed by atoms with Crippen molar-refractivity contribution in [3.63, 3.8) is 0 Å². The van der Waals surface area contributed by atoms with Crippen LogP contribution in [-0.4, -0.2) is 51.4 Å². The highest BCUT2D eigenvalue weighted by Crippen LogP contribution is 2.33. The number of carbonyl (C=O) groups is 2. The lowest BCUT2D eigenvalue weighted by atomic mass is 10.1. The van der Waals surface area contributed by atoms with Gasteiger partial charge >= 0.3 is 6.18 Å². The molecule has 1 N–H and O–H groups in total. The second-order valence-electron chi connectivity index (χ2n) is 10.8. The van der Waals surface area contributed by atoms with Crippen LogP contribution in [0.15, 0.2) is 77.7 Å². The van der Waals surface area contributed by atoms with Crippen LogP contribution in [0.4, 0.5) is 18.9 Å². The number of halogens is 3. The standard InChI is InChI=1S/C32H38F3N3O5S/c1-6-29(31(40)36-19-22(2)3)37(20-24-12-14-27(43-5)15-13-24)30(39)21-38(26-9-7-8-25(18-26)32(33,34)35)44(41,42)28-16-10-23(4)11-17-28/h7-18,22,29H,6,19-21H2,1-5H3,(H,36,40)/t29-/m0/s1. The first-order valence-corrected chi connectivity index (χ1v) is 15.6. The minimum Gasteiger partial charge on any atom is -0.497 e. The summed E-state index contributed by atoms with van der Waals surface area (Å²) in [5, 5.41) is 2.83. The zero-order valence-electron chi connectivity index (χ0n) is 25.4. The van der Waals surface area contributed by atoms with Gasteiger partial charge in [-0.3, -0.25) is 13.9 Å². The van der Waals surface area contributed by atoms with E-state index in [2.05, 4.69) is 5.32 Å². The summed E-state index contributed by atoms with van der Waals surface area (Å²) in [5.74, 6) is -0.470. The molecule has 0 bridgehead atoms. The Hall–Kier alpha value is -4.06. The molecule has 0 aliphatic carbocycles. The number of anilines is 1. The Bertz CT molecular complexity index is 1530. The maximum atomic E-state index is 14.1. The third kappa shape index (κ3) is 8.75. The second kappa shape index (κ2) is 14.6. The highest BCUT2D eigenvalue weighted by molar-refractivity contribution is 7.92. The monoisotopic (exact) mass is 633 g/mol. The zero-order chi connectivity index (χ0) is 32.7. The normalized spacial score (nSPS) is 12.5. The van der Waals surface area contributed by atoms with Crippen LogP contribution in [0, 0.1) is 12.8 Å². The van der Waals surface area contributed by atoms with Crippen LogP contribution in [-0.2, 0) is 32.3 Å². The summed E-state index contributed by atoms with van der Waals surface area (Å²) in [4.78, 5) is 28.5. The van der Waals surface area contributed by atoms with Gasteiger partial charge in [0, 0.05) is 13.1 Å². The molecule has 8 nitrogen and oxygen atoms in total. The molecule has 0 aliphatic rings. The van der Waals surface area contributed by atoms with Crippen LogP contribution >= 0.6 is 0 Å². The molecule has 2 amide bonds. The van der Waals surface area contributed by atoms with Crippen LogP contribution in [0.3, 0.4) is 0 Å². The van der Waals surface area contributed by atoms with Crippen LogP contribution in [0.2, 0.25) is 0 Å². The van der Waals surface area contributed by atoms with Crippen molar-refractivity contribution >= 4 is 27.5 Å². The number of methoxy groups -OCH3 is 1. The Balaban J connectivity index is 2.10. The maximum absolute atomic E-state index is 14.1. The first-order chi connectivity index (χ1) is 20.7. The van der Waals surface area contributed by atoms with E-state index in [4.69, 9.17) is 4.74 Å². The number of rotatable bonds is 13. The number of carbonyl (C=O) groups excluding carboxylic acids is 2. The number of nitrogens with zero attached hydrogens (tertiary/aromatic N) is 2.